The Morgan fingerprint density at radius 2 is 1.82 bits per heavy atom. The molecule has 0 fully saturated rings. The van der Waals surface area contributed by atoms with Gasteiger partial charge < -0.3 is 10.0 Å². The predicted octanol–water partition coefficient (Wildman–Crippen LogP) is 4.30. The van der Waals surface area contributed by atoms with Gasteiger partial charge in [0, 0.05) is 43.0 Å². The summed E-state index contributed by atoms with van der Waals surface area (Å²) in [5.41, 5.74) is 1.11. The average molecular weight is 466 g/mol. The summed E-state index contributed by atoms with van der Waals surface area (Å²) in [5.74, 6) is 0.0977. The van der Waals surface area contributed by atoms with E-state index in [1.807, 2.05) is 0 Å². The number of carbonyl (C=O) groups is 1. The molecule has 0 unspecified atom stereocenters. The van der Waals surface area contributed by atoms with Crippen LogP contribution in [0.4, 0.5) is 29.3 Å². The molecule has 0 saturated carbocycles. The molecule has 3 aromatic heterocycles. The fourth-order valence-electron chi connectivity index (χ4n) is 3.97. The highest BCUT2D eigenvalue weighted by atomic mass is 19.4. The number of anilines is 2. The minimum Gasteiger partial charge on any atom is -0.388 e. The van der Waals surface area contributed by atoms with Crippen LogP contribution in [-0.2, 0) is 19.3 Å². The number of halogens is 3. The maximum Gasteiger partial charge on any atom is 0.417 e. The Labute approximate surface area is 191 Å². The van der Waals surface area contributed by atoms with Crippen molar-refractivity contribution in [3.05, 3.63) is 72.1 Å². The fraction of sp³-hybridized carbons (Fsp3) is 0.174. The number of aromatic nitrogens is 4. The van der Waals surface area contributed by atoms with Crippen LogP contribution in [-0.4, -0.2) is 43.0 Å². The minimum atomic E-state index is -4.72. The van der Waals surface area contributed by atoms with Gasteiger partial charge in [-0.25, -0.2) is 14.8 Å². The van der Waals surface area contributed by atoms with E-state index in [2.05, 4.69) is 19.9 Å². The number of alkyl halides is 3. The number of aliphatic hydroxyl groups excluding tert-OH is 1. The first-order chi connectivity index (χ1) is 16.3. The molecule has 0 saturated heterocycles. The third-order valence-corrected chi connectivity index (χ3v) is 5.55. The molecule has 172 valence electrons. The van der Waals surface area contributed by atoms with Crippen LogP contribution in [0.1, 0.15) is 17.0 Å². The number of benzene rings is 1. The van der Waals surface area contributed by atoms with Gasteiger partial charge in [-0.05, 0) is 29.8 Å². The molecule has 11 heteroatoms. The van der Waals surface area contributed by atoms with Gasteiger partial charge in [-0.1, -0.05) is 6.07 Å². The quantitative estimate of drug-likeness (QED) is 0.484. The molecule has 2 amide bonds. The van der Waals surface area contributed by atoms with E-state index in [1.54, 1.807) is 31.6 Å². The second-order valence-corrected chi connectivity index (χ2v) is 7.75. The van der Waals surface area contributed by atoms with Crippen molar-refractivity contribution in [2.24, 2.45) is 0 Å². The molecule has 1 aromatic carbocycles. The lowest BCUT2D eigenvalue weighted by Crippen LogP contribution is -2.42. The molecule has 0 bridgehead atoms. The van der Waals surface area contributed by atoms with Crippen molar-refractivity contribution in [1.82, 2.24) is 24.8 Å². The molecule has 1 N–H and O–H groups in total. The van der Waals surface area contributed by atoms with Crippen molar-refractivity contribution in [2.45, 2.75) is 19.3 Å². The van der Waals surface area contributed by atoms with Gasteiger partial charge in [0.05, 0.1) is 29.0 Å². The highest BCUT2D eigenvalue weighted by molar-refractivity contribution is 6.08. The summed E-state index contributed by atoms with van der Waals surface area (Å²) in [5, 5.41) is 9.11. The lowest BCUT2D eigenvalue weighted by Gasteiger charge is -2.35. The number of hydrogen-bond donors (Lipinski definition) is 1. The largest absolute Gasteiger partial charge is 0.417 e. The molecule has 1 aliphatic heterocycles. The third-order valence-electron chi connectivity index (χ3n) is 5.55. The van der Waals surface area contributed by atoms with Crippen LogP contribution in [0.5, 0.6) is 0 Å². The molecule has 5 rings (SSSR count). The summed E-state index contributed by atoms with van der Waals surface area (Å²) in [6.45, 7) is -0.171. The van der Waals surface area contributed by atoms with Crippen molar-refractivity contribution in [1.29, 1.82) is 0 Å². The summed E-state index contributed by atoms with van der Waals surface area (Å²) in [4.78, 5) is 32.3. The normalized spacial score (nSPS) is 14.0. The van der Waals surface area contributed by atoms with Crippen LogP contribution >= 0.6 is 0 Å². The Balaban J connectivity index is 1.71. The van der Waals surface area contributed by atoms with Crippen LogP contribution in [0, 0.1) is 0 Å². The summed E-state index contributed by atoms with van der Waals surface area (Å²) < 4.78 is 42.4. The molecule has 8 nitrogen and oxygen atoms in total. The molecule has 0 atom stereocenters. The van der Waals surface area contributed by atoms with Gasteiger partial charge in [-0.2, -0.15) is 13.2 Å². The highest BCUT2D eigenvalue weighted by Gasteiger charge is 2.37. The van der Waals surface area contributed by atoms with Crippen LogP contribution in [0.3, 0.4) is 0 Å². The molecule has 1 aliphatic rings. The number of carbonyl (C=O) groups excluding carboxylic acids is 1. The van der Waals surface area contributed by atoms with Gasteiger partial charge in [-0.15, -0.1) is 0 Å². The van der Waals surface area contributed by atoms with Gasteiger partial charge in [-0.3, -0.25) is 14.9 Å². The van der Waals surface area contributed by atoms with Gasteiger partial charge in [0.2, 0.25) is 0 Å². The number of pyridine rings is 2. The minimum absolute atomic E-state index is 0.0416. The van der Waals surface area contributed by atoms with E-state index in [4.69, 9.17) is 5.11 Å². The standard InChI is InChI=1S/C23H17F3N6O2/c1-31-11-14-10-28-18-3-2-6-27-20(18)21(14)32(22(31)34)15-4-5-16(17(7-15)23(24,25)26)13-8-29-19(12-33)30-9-13/h2-10,33H,11-12H2,1H3. The summed E-state index contributed by atoms with van der Waals surface area (Å²) in [7, 11) is 1.57. The maximum atomic E-state index is 14.1. The van der Waals surface area contributed by atoms with Crippen molar-refractivity contribution in [3.63, 3.8) is 0 Å². The molecular weight excluding hydrogens is 449 g/mol. The molecular formula is C23H17F3N6O2. The zero-order valence-corrected chi connectivity index (χ0v) is 17.8. The highest BCUT2D eigenvalue weighted by Crippen LogP contribution is 2.43. The monoisotopic (exact) mass is 466 g/mol. The average Bonchev–Trinajstić information content (AvgIpc) is 2.84. The maximum absolute atomic E-state index is 14.1. The van der Waals surface area contributed by atoms with E-state index < -0.39 is 24.4 Å². The van der Waals surface area contributed by atoms with E-state index in [1.165, 1.54) is 34.3 Å². The number of hydrogen-bond acceptors (Lipinski definition) is 6. The van der Waals surface area contributed by atoms with Gasteiger partial charge >= 0.3 is 12.2 Å². The van der Waals surface area contributed by atoms with E-state index in [-0.39, 0.29) is 29.2 Å². The van der Waals surface area contributed by atoms with E-state index in [0.29, 0.717) is 22.3 Å². The second-order valence-electron chi connectivity index (χ2n) is 7.75. The van der Waals surface area contributed by atoms with Crippen LogP contribution in [0.25, 0.3) is 22.2 Å². The lowest BCUT2D eigenvalue weighted by molar-refractivity contribution is -0.137. The Bertz CT molecular complexity index is 1410. The smallest absolute Gasteiger partial charge is 0.388 e. The van der Waals surface area contributed by atoms with E-state index in [0.717, 1.165) is 6.07 Å². The number of aliphatic hydroxyl groups is 1. The number of urea groups is 1. The zero-order chi connectivity index (χ0) is 24.0. The van der Waals surface area contributed by atoms with Crippen molar-refractivity contribution in [3.8, 4) is 11.1 Å². The molecule has 4 heterocycles. The van der Waals surface area contributed by atoms with E-state index >= 15 is 0 Å². The predicted molar refractivity (Wildman–Crippen MR) is 117 cm³/mol. The Kier molecular flexibility index (Phi) is 5.13. The molecule has 0 spiro atoms. The molecule has 0 radical (unpaired) electrons. The van der Waals surface area contributed by atoms with Crippen molar-refractivity contribution >= 4 is 28.4 Å². The van der Waals surface area contributed by atoms with Crippen molar-refractivity contribution < 1.29 is 23.1 Å². The van der Waals surface area contributed by atoms with Crippen LogP contribution in [0.15, 0.2) is 55.1 Å². The lowest BCUT2D eigenvalue weighted by atomic mass is 9.99. The topological polar surface area (TPSA) is 95.3 Å². The first-order valence-corrected chi connectivity index (χ1v) is 10.2. The number of fused-ring (bicyclic) bond motifs is 3. The molecule has 4 aromatic rings. The third kappa shape index (κ3) is 3.59. The number of rotatable bonds is 3. The van der Waals surface area contributed by atoms with E-state index in [9.17, 15) is 18.0 Å². The first kappa shape index (κ1) is 21.7. The van der Waals surface area contributed by atoms with Gasteiger partial charge in [0.1, 0.15) is 12.1 Å². The van der Waals surface area contributed by atoms with Crippen LogP contribution < -0.4 is 4.90 Å². The zero-order valence-electron chi connectivity index (χ0n) is 17.8. The first-order valence-electron chi connectivity index (χ1n) is 10.2. The second kappa shape index (κ2) is 8.03. The van der Waals surface area contributed by atoms with Crippen molar-refractivity contribution in [2.75, 3.05) is 11.9 Å². The molecule has 34 heavy (non-hydrogen) atoms. The summed E-state index contributed by atoms with van der Waals surface area (Å²) >= 11 is 0. The Hall–Kier alpha value is -4.12. The molecule has 0 aliphatic carbocycles. The van der Waals surface area contributed by atoms with Crippen LogP contribution in [0.2, 0.25) is 0 Å². The summed E-state index contributed by atoms with van der Waals surface area (Å²) in [6.07, 6.45) is 0.884. The Morgan fingerprint density at radius 3 is 2.53 bits per heavy atom. The Morgan fingerprint density at radius 1 is 1.06 bits per heavy atom. The number of amides is 2. The SMILES string of the molecule is CN1Cc2cnc3cccnc3c2N(c2ccc(-c3cnc(CO)nc3)c(C(F)(F)F)c2)C1=O. The number of nitrogens with zero attached hydrogens (tertiary/aromatic N) is 6. The fourth-order valence-corrected chi connectivity index (χ4v) is 3.97. The van der Waals surface area contributed by atoms with Gasteiger partial charge in [0.15, 0.2) is 5.82 Å². The summed E-state index contributed by atoms with van der Waals surface area (Å²) in [6, 6.07) is 6.61. The van der Waals surface area contributed by atoms with Gasteiger partial charge in [0.25, 0.3) is 0 Å².